The SMILES string of the molecule is COC[C@@H](C)N(C)C(=O)N[C@@H](C)c1nncn1C. The maximum atomic E-state index is 12.0. The molecule has 0 bridgehead atoms. The molecule has 2 amide bonds. The van der Waals surface area contributed by atoms with Crippen molar-refractivity contribution in [2.45, 2.75) is 25.9 Å². The Morgan fingerprint density at radius 3 is 2.78 bits per heavy atom. The van der Waals surface area contributed by atoms with Crippen molar-refractivity contribution in [3.05, 3.63) is 12.2 Å². The first-order valence-electron chi connectivity index (χ1n) is 5.83. The van der Waals surface area contributed by atoms with Gasteiger partial charge in [0.25, 0.3) is 0 Å². The van der Waals surface area contributed by atoms with Crippen molar-refractivity contribution in [1.29, 1.82) is 0 Å². The number of urea groups is 1. The lowest BCUT2D eigenvalue weighted by atomic mass is 10.3. The lowest BCUT2D eigenvalue weighted by Gasteiger charge is -2.26. The van der Waals surface area contributed by atoms with E-state index in [-0.39, 0.29) is 18.1 Å². The Bertz CT molecular complexity index is 393. The van der Waals surface area contributed by atoms with Gasteiger partial charge in [0, 0.05) is 21.2 Å². The third-order valence-corrected chi connectivity index (χ3v) is 2.86. The second-order valence-electron chi connectivity index (χ2n) is 4.39. The van der Waals surface area contributed by atoms with E-state index in [1.165, 1.54) is 0 Å². The minimum Gasteiger partial charge on any atom is -0.383 e. The van der Waals surface area contributed by atoms with Crippen LogP contribution in [0.15, 0.2) is 6.33 Å². The van der Waals surface area contributed by atoms with Crippen LogP contribution in [0.1, 0.15) is 25.7 Å². The molecule has 0 saturated heterocycles. The molecule has 0 aromatic carbocycles. The number of carbonyl (C=O) groups is 1. The Balaban J connectivity index is 2.57. The van der Waals surface area contributed by atoms with Gasteiger partial charge in [0.05, 0.1) is 18.7 Å². The summed E-state index contributed by atoms with van der Waals surface area (Å²) in [7, 11) is 5.20. The minimum absolute atomic E-state index is 0.0155. The Kier molecular flexibility index (Phi) is 5.08. The van der Waals surface area contributed by atoms with Crippen LogP contribution in [0, 0.1) is 0 Å². The highest BCUT2D eigenvalue weighted by Gasteiger charge is 2.19. The standard InChI is InChI=1S/C11H21N5O2/c1-8(6-18-5)16(4)11(17)13-9(2)10-14-12-7-15(10)3/h7-9H,6H2,1-5H3,(H,13,17)/t8-,9+/m1/s1. The highest BCUT2D eigenvalue weighted by molar-refractivity contribution is 5.74. The van der Waals surface area contributed by atoms with E-state index in [2.05, 4.69) is 15.5 Å². The number of ether oxygens (including phenoxy) is 1. The van der Waals surface area contributed by atoms with Crippen LogP contribution in [0.25, 0.3) is 0 Å². The third kappa shape index (κ3) is 3.43. The van der Waals surface area contributed by atoms with Crippen molar-refractivity contribution in [1.82, 2.24) is 25.0 Å². The molecular formula is C11H21N5O2. The zero-order valence-corrected chi connectivity index (χ0v) is 11.5. The summed E-state index contributed by atoms with van der Waals surface area (Å²) in [6, 6.07) is -0.334. The summed E-state index contributed by atoms with van der Waals surface area (Å²) in [5, 5.41) is 10.6. The van der Waals surface area contributed by atoms with Crippen molar-refractivity contribution in [2.75, 3.05) is 20.8 Å². The number of aromatic nitrogens is 3. The highest BCUT2D eigenvalue weighted by Crippen LogP contribution is 2.08. The average molecular weight is 255 g/mol. The molecule has 0 saturated carbocycles. The number of aryl methyl sites for hydroxylation is 1. The summed E-state index contributed by atoms with van der Waals surface area (Å²) in [4.78, 5) is 13.6. The van der Waals surface area contributed by atoms with Gasteiger partial charge in [-0.05, 0) is 13.8 Å². The van der Waals surface area contributed by atoms with E-state index in [9.17, 15) is 4.79 Å². The summed E-state index contributed by atoms with van der Waals surface area (Å²) in [5.74, 6) is 0.719. The molecule has 1 rings (SSSR count). The number of methoxy groups -OCH3 is 1. The van der Waals surface area contributed by atoms with E-state index in [1.807, 2.05) is 20.9 Å². The van der Waals surface area contributed by atoms with Crippen LogP contribution in [0.2, 0.25) is 0 Å². The van der Waals surface area contributed by atoms with Gasteiger partial charge in [0.1, 0.15) is 6.33 Å². The Labute approximate surface area is 107 Å². The molecular weight excluding hydrogens is 234 g/mol. The topological polar surface area (TPSA) is 72.3 Å². The smallest absolute Gasteiger partial charge is 0.318 e. The maximum absolute atomic E-state index is 12.0. The molecule has 0 aliphatic carbocycles. The van der Waals surface area contributed by atoms with Crippen LogP contribution in [-0.2, 0) is 11.8 Å². The van der Waals surface area contributed by atoms with Crippen LogP contribution < -0.4 is 5.32 Å². The number of likely N-dealkylation sites (N-methyl/N-ethyl adjacent to an activating group) is 1. The van der Waals surface area contributed by atoms with Gasteiger partial charge in [-0.2, -0.15) is 0 Å². The number of nitrogens with zero attached hydrogens (tertiary/aromatic N) is 4. The average Bonchev–Trinajstić information content (AvgIpc) is 2.74. The molecule has 102 valence electrons. The maximum Gasteiger partial charge on any atom is 0.318 e. The van der Waals surface area contributed by atoms with Crippen LogP contribution in [0.5, 0.6) is 0 Å². The molecule has 7 heteroatoms. The summed E-state index contributed by atoms with van der Waals surface area (Å²) in [5.41, 5.74) is 0. The first-order valence-corrected chi connectivity index (χ1v) is 5.83. The number of rotatable bonds is 5. The largest absolute Gasteiger partial charge is 0.383 e. The molecule has 1 aromatic rings. The van der Waals surface area contributed by atoms with Crippen molar-refractivity contribution in [2.24, 2.45) is 7.05 Å². The van der Waals surface area contributed by atoms with Crippen molar-refractivity contribution < 1.29 is 9.53 Å². The molecule has 1 N–H and O–H groups in total. The number of hydrogen-bond acceptors (Lipinski definition) is 4. The molecule has 7 nitrogen and oxygen atoms in total. The molecule has 0 aliphatic heterocycles. The number of hydrogen-bond donors (Lipinski definition) is 1. The van der Waals surface area contributed by atoms with Gasteiger partial charge in [-0.25, -0.2) is 4.79 Å². The molecule has 0 unspecified atom stereocenters. The summed E-state index contributed by atoms with van der Waals surface area (Å²) in [6.07, 6.45) is 1.61. The lowest BCUT2D eigenvalue weighted by molar-refractivity contribution is 0.122. The number of carbonyl (C=O) groups excluding carboxylic acids is 1. The lowest BCUT2D eigenvalue weighted by Crippen LogP contribution is -2.45. The second-order valence-corrected chi connectivity index (χ2v) is 4.39. The fourth-order valence-electron chi connectivity index (χ4n) is 1.59. The first-order chi connectivity index (χ1) is 8.47. The van der Waals surface area contributed by atoms with Gasteiger partial charge >= 0.3 is 6.03 Å². The summed E-state index contributed by atoms with van der Waals surface area (Å²) >= 11 is 0. The van der Waals surface area contributed by atoms with Gasteiger partial charge in [-0.3, -0.25) is 0 Å². The molecule has 0 fully saturated rings. The molecule has 1 aromatic heterocycles. The van der Waals surface area contributed by atoms with E-state index in [4.69, 9.17) is 4.74 Å². The normalized spacial score (nSPS) is 14.1. The molecule has 0 aliphatic rings. The molecule has 0 radical (unpaired) electrons. The monoisotopic (exact) mass is 255 g/mol. The molecule has 18 heavy (non-hydrogen) atoms. The number of amides is 2. The second kappa shape index (κ2) is 6.34. The van der Waals surface area contributed by atoms with Gasteiger partial charge in [-0.15, -0.1) is 10.2 Å². The fraction of sp³-hybridized carbons (Fsp3) is 0.727. The predicted molar refractivity (Wildman–Crippen MR) is 67.1 cm³/mol. The first kappa shape index (κ1) is 14.4. The van der Waals surface area contributed by atoms with Gasteiger partial charge in [0.15, 0.2) is 5.82 Å². The van der Waals surface area contributed by atoms with Crippen LogP contribution in [0.3, 0.4) is 0 Å². The summed E-state index contributed by atoms with van der Waals surface area (Å²) < 4.78 is 6.80. The quantitative estimate of drug-likeness (QED) is 0.834. The number of nitrogens with one attached hydrogen (secondary N) is 1. The Morgan fingerprint density at radius 2 is 2.28 bits per heavy atom. The van der Waals surface area contributed by atoms with Gasteiger partial charge in [-0.1, -0.05) is 0 Å². The molecule has 2 atom stereocenters. The third-order valence-electron chi connectivity index (χ3n) is 2.86. The van der Waals surface area contributed by atoms with Crippen LogP contribution >= 0.6 is 0 Å². The Hall–Kier alpha value is -1.63. The predicted octanol–water partition coefficient (Wildman–Crippen LogP) is 0.552. The zero-order valence-electron chi connectivity index (χ0n) is 11.5. The van der Waals surface area contributed by atoms with Crippen LogP contribution in [0.4, 0.5) is 4.79 Å². The summed E-state index contributed by atoms with van der Waals surface area (Å²) in [6.45, 7) is 4.30. The Morgan fingerprint density at radius 1 is 1.61 bits per heavy atom. The highest BCUT2D eigenvalue weighted by atomic mass is 16.5. The van der Waals surface area contributed by atoms with E-state index in [1.54, 1.807) is 30.0 Å². The molecule has 0 spiro atoms. The van der Waals surface area contributed by atoms with E-state index in [0.717, 1.165) is 5.82 Å². The van der Waals surface area contributed by atoms with E-state index < -0.39 is 0 Å². The van der Waals surface area contributed by atoms with Crippen molar-refractivity contribution in [3.63, 3.8) is 0 Å². The van der Waals surface area contributed by atoms with Crippen LogP contribution in [-0.4, -0.2) is 52.5 Å². The van der Waals surface area contributed by atoms with Gasteiger partial charge < -0.3 is 19.5 Å². The van der Waals surface area contributed by atoms with E-state index >= 15 is 0 Å². The minimum atomic E-state index is -0.192. The van der Waals surface area contributed by atoms with Gasteiger partial charge in [0.2, 0.25) is 0 Å². The van der Waals surface area contributed by atoms with Crippen molar-refractivity contribution >= 4 is 6.03 Å². The zero-order chi connectivity index (χ0) is 13.7. The van der Waals surface area contributed by atoms with Crippen molar-refractivity contribution in [3.8, 4) is 0 Å². The van der Waals surface area contributed by atoms with E-state index in [0.29, 0.717) is 6.61 Å². The molecule has 1 heterocycles. The fourth-order valence-corrected chi connectivity index (χ4v) is 1.59.